The van der Waals surface area contributed by atoms with E-state index >= 15 is 0 Å². The Morgan fingerprint density at radius 2 is 2.17 bits per heavy atom. The van der Waals surface area contributed by atoms with Crippen LogP contribution in [0.25, 0.3) is 0 Å². The predicted molar refractivity (Wildman–Crippen MR) is 44.7 cm³/mol. The predicted octanol–water partition coefficient (Wildman–Crippen LogP) is -0.202. The minimum Gasteiger partial charge on any atom is -0.383 e. The van der Waals surface area contributed by atoms with Gasteiger partial charge in [0.1, 0.15) is 6.61 Å². The van der Waals surface area contributed by atoms with Gasteiger partial charge in [-0.25, -0.2) is 0 Å². The number of methoxy groups -OCH3 is 2. The van der Waals surface area contributed by atoms with Crippen molar-refractivity contribution in [3.8, 4) is 0 Å². The highest BCUT2D eigenvalue weighted by Crippen LogP contribution is 2.04. The standard InChI is InChI=1S/C8H16NO3/c1-10-3-7-5-12-6-8(9-7)4-11-2/h5,7-9H,3-4,6H2,1-2H3. The van der Waals surface area contributed by atoms with Crippen molar-refractivity contribution in [3.63, 3.8) is 0 Å². The molecule has 2 atom stereocenters. The van der Waals surface area contributed by atoms with Crippen LogP contribution in [0.1, 0.15) is 0 Å². The lowest BCUT2D eigenvalue weighted by Crippen LogP contribution is -2.50. The average Bonchev–Trinajstić information content (AvgIpc) is 2.06. The van der Waals surface area contributed by atoms with Crippen LogP contribution in [-0.2, 0) is 14.2 Å². The molecule has 1 aliphatic heterocycles. The zero-order chi connectivity index (χ0) is 8.81. The molecule has 0 amide bonds. The van der Waals surface area contributed by atoms with E-state index in [2.05, 4.69) is 5.32 Å². The van der Waals surface area contributed by atoms with Crippen LogP contribution in [0.4, 0.5) is 0 Å². The number of nitrogens with one attached hydrogen (secondary N) is 1. The van der Waals surface area contributed by atoms with E-state index < -0.39 is 0 Å². The lowest BCUT2D eigenvalue weighted by Gasteiger charge is -2.29. The molecule has 0 spiro atoms. The van der Waals surface area contributed by atoms with Crippen molar-refractivity contribution in [2.24, 2.45) is 0 Å². The summed E-state index contributed by atoms with van der Waals surface area (Å²) < 4.78 is 15.3. The number of ether oxygens (including phenoxy) is 3. The van der Waals surface area contributed by atoms with Crippen LogP contribution in [0.2, 0.25) is 0 Å². The topological polar surface area (TPSA) is 39.7 Å². The highest BCUT2D eigenvalue weighted by molar-refractivity contribution is 4.84. The Balaban J connectivity index is 2.20. The molecule has 4 nitrogen and oxygen atoms in total. The van der Waals surface area contributed by atoms with Gasteiger partial charge in [-0.1, -0.05) is 0 Å². The minimum absolute atomic E-state index is 0.184. The third-order valence-corrected chi connectivity index (χ3v) is 1.72. The Hall–Kier alpha value is -0.160. The van der Waals surface area contributed by atoms with E-state index in [0.29, 0.717) is 19.8 Å². The van der Waals surface area contributed by atoms with Crippen molar-refractivity contribution in [2.45, 2.75) is 12.1 Å². The smallest absolute Gasteiger partial charge is 0.103 e. The zero-order valence-electron chi connectivity index (χ0n) is 7.58. The summed E-state index contributed by atoms with van der Waals surface area (Å²) in [5, 5.41) is 3.32. The zero-order valence-corrected chi connectivity index (χ0v) is 7.58. The first-order chi connectivity index (χ1) is 5.86. The van der Waals surface area contributed by atoms with Crippen LogP contribution in [0.5, 0.6) is 0 Å². The largest absolute Gasteiger partial charge is 0.383 e. The van der Waals surface area contributed by atoms with Crippen LogP contribution in [0, 0.1) is 6.61 Å². The average molecular weight is 174 g/mol. The van der Waals surface area contributed by atoms with Gasteiger partial charge in [-0.15, -0.1) is 0 Å². The van der Waals surface area contributed by atoms with Crippen LogP contribution >= 0.6 is 0 Å². The molecule has 0 saturated carbocycles. The summed E-state index contributed by atoms with van der Waals surface area (Å²) in [6, 6.07) is 0.462. The molecule has 1 aliphatic rings. The van der Waals surface area contributed by atoms with E-state index in [1.54, 1.807) is 20.8 Å². The first-order valence-electron chi connectivity index (χ1n) is 4.05. The Morgan fingerprint density at radius 3 is 2.83 bits per heavy atom. The van der Waals surface area contributed by atoms with E-state index in [9.17, 15) is 0 Å². The molecular weight excluding hydrogens is 158 g/mol. The summed E-state index contributed by atoms with van der Waals surface area (Å²) in [7, 11) is 3.36. The molecule has 0 aromatic heterocycles. The molecule has 1 fully saturated rings. The monoisotopic (exact) mass is 174 g/mol. The Bertz CT molecular complexity index is 105. The van der Waals surface area contributed by atoms with Gasteiger partial charge in [0.15, 0.2) is 0 Å². The number of rotatable bonds is 4. The van der Waals surface area contributed by atoms with Crippen molar-refractivity contribution >= 4 is 0 Å². The lowest BCUT2D eigenvalue weighted by molar-refractivity contribution is 0.0350. The third kappa shape index (κ3) is 3.06. The Morgan fingerprint density at radius 1 is 1.42 bits per heavy atom. The van der Waals surface area contributed by atoms with Gasteiger partial charge in [-0.05, 0) is 0 Å². The van der Waals surface area contributed by atoms with E-state index in [1.807, 2.05) is 0 Å². The molecule has 1 rings (SSSR count). The maximum absolute atomic E-state index is 5.25. The van der Waals surface area contributed by atoms with Gasteiger partial charge in [0.05, 0.1) is 31.9 Å². The summed E-state index contributed by atoms with van der Waals surface area (Å²) in [5.74, 6) is 0. The summed E-state index contributed by atoms with van der Waals surface area (Å²) in [6.45, 7) is 3.76. The van der Waals surface area contributed by atoms with Crippen LogP contribution < -0.4 is 5.32 Å². The molecule has 2 unspecified atom stereocenters. The molecule has 0 aromatic carbocycles. The number of morpholine rings is 1. The minimum atomic E-state index is 0.184. The van der Waals surface area contributed by atoms with Gasteiger partial charge in [0, 0.05) is 14.2 Å². The molecule has 12 heavy (non-hydrogen) atoms. The molecule has 4 heteroatoms. The van der Waals surface area contributed by atoms with Gasteiger partial charge in [-0.3, -0.25) is 0 Å². The van der Waals surface area contributed by atoms with Crippen LogP contribution in [0.3, 0.4) is 0 Å². The maximum atomic E-state index is 5.25. The second kappa shape index (κ2) is 5.48. The second-order valence-electron chi connectivity index (χ2n) is 2.85. The van der Waals surface area contributed by atoms with Crippen LogP contribution in [-0.4, -0.2) is 46.1 Å². The number of hydrogen-bond acceptors (Lipinski definition) is 4. The van der Waals surface area contributed by atoms with Crippen molar-refractivity contribution in [2.75, 3.05) is 34.0 Å². The van der Waals surface area contributed by atoms with Crippen molar-refractivity contribution in [3.05, 3.63) is 6.61 Å². The molecule has 0 bridgehead atoms. The molecule has 1 radical (unpaired) electrons. The van der Waals surface area contributed by atoms with Gasteiger partial charge in [0.25, 0.3) is 0 Å². The first kappa shape index (κ1) is 9.92. The number of hydrogen-bond donors (Lipinski definition) is 1. The summed E-state index contributed by atoms with van der Waals surface area (Å²) in [4.78, 5) is 0. The summed E-state index contributed by atoms with van der Waals surface area (Å²) in [6.07, 6.45) is 0. The molecule has 0 aromatic rings. The fraction of sp³-hybridized carbons (Fsp3) is 0.875. The van der Waals surface area contributed by atoms with Gasteiger partial charge < -0.3 is 19.5 Å². The quantitative estimate of drug-likeness (QED) is 0.640. The van der Waals surface area contributed by atoms with Gasteiger partial charge in [0.2, 0.25) is 0 Å². The highest BCUT2D eigenvalue weighted by Gasteiger charge is 2.21. The van der Waals surface area contributed by atoms with E-state index in [-0.39, 0.29) is 12.1 Å². The molecule has 1 saturated heterocycles. The highest BCUT2D eigenvalue weighted by atomic mass is 16.5. The summed E-state index contributed by atoms with van der Waals surface area (Å²) in [5.41, 5.74) is 0. The van der Waals surface area contributed by atoms with Crippen molar-refractivity contribution in [1.82, 2.24) is 5.32 Å². The summed E-state index contributed by atoms with van der Waals surface area (Å²) >= 11 is 0. The van der Waals surface area contributed by atoms with Crippen LogP contribution in [0.15, 0.2) is 0 Å². The van der Waals surface area contributed by atoms with Gasteiger partial charge >= 0.3 is 0 Å². The van der Waals surface area contributed by atoms with E-state index in [0.717, 1.165) is 0 Å². The second-order valence-corrected chi connectivity index (χ2v) is 2.85. The fourth-order valence-corrected chi connectivity index (χ4v) is 1.24. The first-order valence-corrected chi connectivity index (χ1v) is 4.05. The SMILES string of the molecule is COCC1[CH]OCC(COC)N1. The van der Waals surface area contributed by atoms with Crippen molar-refractivity contribution in [1.29, 1.82) is 0 Å². The fourth-order valence-electron chi connectivity index (χ4n) is 1.24. The Labute approximate surface area is 73.2 Å². The van der Waals surface area contributed by atoms with E-state index in [4.69, 9.17) is 14.2 Å². The third-order valence-electron chi connectivity index (χ3n) is 1.72. The molecule has 1 N–H and O–H groups in total. The van der Waals surface area contributed by atoms with Gasteiger partial charge in [-0.2, -0.15) is 0 Å². The molecule has 0 aliphatic carbocycles. The van der Waals surface area contributed by atoms with E-state index in [1.165, 1.54) is 0 Å². The Kier molecular flexibility index (Phi) is 4.53. The lowest BCUT2D eigenvalue weighted by atomic mass is 10.2. The molecule has 1 heterocycles. The molecular formula is C8H16NO3. The van der Waals surface area contributed by atoms with Crippen molar-refractivity contribution < 1.29 is 14.2 Å². The maximum Gasteiger partial charge on any atom is 0.103 e. The molecule has 71 valence electrons. The normalized spacial score (nSPS) is 30.5.